The molecule has 0 saturated heterocycles. The van der Waals surface area contributed by atoms with Crippen LogP contribution in [0.25, 0.3) is 5.57 Å². The van der Waals surface area contributed by atoms with E-state index in [4.69, 9.17) is 0 Å². The Balaban J connectivity index is 1.50. The number of nitrogens with zero attached hydrogens (tertiary/aromatic N) is 1. The summed E-state index contributed by atoms with van der Waals surface area (Å²) in [7, 11) is 0. The Morgan fingerprint density at radius 3 is 2.92 bits per heavy atom. The standard InChI is InChI=1S/C23H24FN/c1-23-11-10-19-18-5-3-2-4-15(18)6-7-20(19)22(23)9-8-21(23)16-12-17(24)14-25-13-16/h2-5,8,12-14,19-20,22H,6-7,9-11H2,1H3/t19-,20-,22+,23-/m1/s1. The molecule has 25 heavy (non-hydrogen) atoms. The number of aromatic nitrogens is 1. The smallest absolute Gasteiger partial charge is 0.142 e. The number of hydrogen-bond acceptors (Lipinski definition) is 1. The zero-order valence-corrected chi connectivity index (χ0v) is 14.7. The fourth-order valence-electron chi connectivity index (χ4n) is 6.10. The maximum absolute atomic E-state index is 13.7. The van der Waals surface area contributed by atoms with Gasteiger partial charge in [-0.2, -0.15) is 0 Å². The first-order chi connectivity index (χ1) is 12.2. The van der Waals surface area contributed by atoms with Gasteiger partial charge in [0, 0.05) is 6.20 Å². The lowest BCUT2D eigenvalue weighted by atomic mass is 9.54. The second-order valence-corrected chi connectivity index (χ2v) is 8.32. The van der Waals surface area contributed by atoms with E-state index < -0.39 is 0 Å². The molecule has 0 radical (unpaired) electrons. The Labute approximate surface area is 149 Å². The molecule has 0 N–H and O–H groups in total. The zero-order valence-electron chi connectivity index (χ0n) is 14.7. The highest BCUT2D eigenvalue weighted by Gasteiger charge is 2.51. The summed E-state index contributed by atoms with van der Waals surface area (Å²) in [6.45, 7) is 2.41. The van der Waals surface area contributed by atoms with Gasteiger partial charge in [-0.25, -0.2) is 4.39 Å². The predicted molar refractivity (Wildman–Crippen MR) is 98.6 cm³/mol. The molecule has 2 aromatic rings. The van der Waals surface area contributed by atoms with Gasteiger partial charge < -0.3 is 0 Å². The van der Waals surface area contributed by atoms with Gasteiger partial charge in [0.05, 0.1) is 6.20 Å². The molecular weight excluding hydrogens is 309 g/mol. The number of pyridine rings is 1. The van der Waals surface area contributed by atoms with Gasteiger partial charge in [-0.1, -0.05) is 37.3 Å². The molecule has 0 amide bonds. The Morgan fingerprint density at radius 2 is 2.04 bits per heavy atom. The fourth-order valence-corrected chi connectivity index (χ4v) is 6.10. The Hall–Kier alpha value is -1.96. The van der Waals surface area contributed by atoms with Crippen LogP contribution in [-0.4, -0.2) is 4.98 Å². The van der Waals surface area contributed by atoms with E-state index in [0.717, 1.165) is 17.9 Å². The van der Waals surface area contributed by atoms with Crippen LogP contribution in [0.3, 0.4) is 0 Å². The highest BCUT2D eigenvalue weighted by Crippen LogP contribution is 2.62. The average molecular weight is 333 g/mol. The summed E-state index contributed by atoms with van der Waals surface area (Å²) in [5.41, 5.74) is 5.65. The minimum absolute atomic E-state index is 0.170. The molecule has 3 aliphatic carbocycles. The van der Waals surface area contributed by atoms with Crippen molar-refractivity contribution in [3.63, 3.8) is 0 Å². The molecule has 0 bridgehead atoms. The van der Waals surface area contributed by atoms with Gasteiger partial charge in [0.1, 0.15) is 5.82 Å². The maximum atomic E-state index is 13.7. The van der Waals surface area contributed by atoms with E-state index in [1.54, 1.807) is 17.2 Å². The number of allylic oxidation sites excluding steroid dienone is 2. The van der Waals surface area contributed by atoms with Gasteiger partial charge >= 0.3 is 0 Å². The van der Waals surface area contributed by atoms with Crippen molar-refractivity contribution < 1.29 is 4.39 Å². The van der Waals surface area contributed by atoms with E-state index in [-0.39, 0.29) is 11.2 Å². The molecule has 1 heterocycles. The maximum Gasteiger partial charge on any atom is 0.142 e. The number of aryl methyl sites for hydroxylation is 1. The van der Waals surface area contributed by atoms with Crippen LogP contribution in [0.2, 0.25) is 0 Å². The molecule has 1 aromatic heterocycles. The van der Waals surface area contributed by atoms with Crippen molar-refractivity contribution in [2.24, 2.45) is 17.3 Å². The first-order valence-corrected chi connectivity index (χ1v) is 9.56. The molecule has 0 aliphatic heterocycles. The van der Waals surface area contributed by atoms with E-state index in [2.05, 4.69) is 42.2 Å². The number of rotatable bonds is 1. The minimum atomic E-state index is -0.231. The Kier molecular flexibility index (Phi) is 3.38. The fraction of sp³-hybridized carbons (Fsp3) is 0.435. The van der Waals surface area contributed by atoms with Crippen molar-refractivity contribution >= 4 is 5.57 Å². The van der Waals surface area contributed by atoms with E-state index >= 15 is 0 Å². The van der Waals surface area contributed by atoms with Gasteiger partial charge in [0.2, 0.25) is 0 Å². The van der Waals surface area contributed by atoms with Crippen molar-refractivity contribution in [3.8, 4) is 0 Å². The minimum Gasteiger partial charge on any atom is -0.261 e. The highest BCUT2D eigenvalue weighted by molar-refractivity contribution is 5.72. The summed E-state index contributed by atoms with van der Waals surface area (Å²) in [6.07, 6.45) is 11.6. The molecule has 1 nitrogen and oxygen atoms in total. The third kappa shape index (κ3) is 2.23. The molecule has 5 rings (SSSR count). The second-order valence-electron chi connectivity index (χ2n) is 8.32. The summed E-state index contributed by atoms with van der Waals surface area (Å²) in [5, 5.41) is 0. The lowest BCUT2D eigenvalue weighted by Crippen LogP contribution is -2.40. The number of fused-ring (bicyclic) bond motifs is 5. The van der Waals surface area contributed by atoms with Gasteiger partial charge in [0.25, 0.3) is 0 Å². The van der Waals surface area contributed by atoms with E-state index in [0.29, 0.717) is 11.8 Å². The van der Waals surface area contributed by atoms with Crippen molar-refractivity contribution in [1.82, 2.24) is 4.98 Å². The van der Waals surface area contributed by atoms with Crippen LogP contribution in [0, 0.1) is 23.1 Å². The van der Waals surface area contributed by atoms with Crippen molar-refractivity contribution in [2.45, 2.75) is 44.9 Å². The van der Waals surface area contributed by atoms with Crippen molar-refractivity contribution in [1.29, 1.82) is 0 Å². The lowest BCUT2D eigenvalue weighted by Gasteiger charge is -2.50. The van der Waals surface area contributed by atoms with Crippen LogP contribution in [0.4, 0.5) is 4.39 Å². The molecule has 4 atom stereocenters. The molecule has 0 unspecified atom stereocenters. The largest absolute Gasteiger partial charge is 0.261 e. The van der Waals surface area contributed by atoms with E-state index in [1.165, 1.54) is 37.5 Å². The SMILES string of the molecule is C[C@]12CC[C@@H]3c4ccccc4CC[C@H]3[C@@H]1CC=C2c1cncc(F)c1. The molecule has 128 valence electrons. The number of halogens is 1. The number of hydrogen-bond donors (Lipinski definition) is 0. The average Bonchev–Trinajstić information content (AvgIpc) is 2.99. The molecule has 2 heteroatoms. The molecular formula is C23H24FN. The normalized spacial score (nSPS) is 33.2. The van der Waals surface area contributed by atoms with Crippen LogP contribution < -0.4 is 0 Å². The molecule has 1 fully saturated rings. The van der Waals surface area contributed by atoms with Crippen molar-refractivity contribution in [2.75, 3.05) is 0 Å². The third-order valence-corrected chi connectivity index (χ3v) is 7.24. The summed E-state index contributed by atoms with van der Waals surface area (Å²) in [4.78, 5) is 4.09. The van der Waals surface area contributed by atoms with Gasteiger partial charge in [0.15, 0.2) is 0 Å². The van der Waals surface area contributed by atoms with Gasteiger partial charge in [-0.15, -0.1) is 0 Å². The van der Waals surface area contributed by atoms with Crippen LogP contribution in [-0.2, 0) is 6.42 Å². The van der Waals surface area contributed by atoms with E-state index in [9.17, 15) is 4.39 Å². The zero-order chi connectivity index (χ0) is 17.0. The number of benzene rings is 1. The van der Waals surface area contributed by atoms with Crippen LogP contribution >= 0.6 is 0 Å². The monoisotopic (exact) mass is 333 g/mol. The van der Waals surface area contributed by atoms with Gasteiger partial charge in [-0.3, -0.25) is 4.98 Å². The van der Waals surface area contributed by atoms with E-state index in [1.807, 2.05) is 6.20 Å². The quantitative estimate of drug-likeness (QED) is 0.645. The third-order valence-electron chi connectivity index (χ3n) is 7.24. The second kappa shape index (κ2) is 5.52. The predicted octanol–water partition coefficient (Wildman–Crippen LogP) is 5.77. The Bertz CT molecular complexity index is 855. The van der Waals surface area contributed by atoms with Crippen LogP contribution in [0.5, 0.6) is 0 Å². The summed E-state index contributed by atoms with van der Waals surface area (Å²) < 4.78 is 13.7. The molecule has 3 aliphatic rings. The molecule has 1 saturated carbocycles. The summed E-state index contributed by atoms with van der Waals surface area (Å²) in [5.74, 6) is 1.91. The first kappa shape index (κ1) is 15.3. The first-order valence-electron chi connectivity index (χ1n) is 9.56. The molecule has 0 spiro atoms. The molecule has 1 aromatic carbocycles. The van der Waals surface area contributed by atoms with Gasteiger partial charge in [-0.05, 0) is 83.6 Å². The summed E-state index contributed by atoms with van der Waals surface area (Å²) >= 11 is 0. The van der Waals surface area contributed by atoms with Crippen LogP contribution in [0.15, 0.2) is 48.8 Å². The highest BCUT2D eigenvalue weighted by atomic mass is 19.1. The summed E-state index contributed by atoms with van der Waals surface area (Å²) in [6, 6.07) is 10.7. The van der Waals surface area contributed by atoms with Crippen LogP contribution in [0.1, 0.15) is 55.2 Å². The lowest BCUT2D eigenvalue weighted by molar-refractivity contribution is 0.0885. The van der Waals surface area contributed by atoms with Crippen molar-refractivity contribution in [3.05, 3.63) is 71.3 Å². The topological polar surface area (TPSA) is 12.9 Å². The Morgan fingerprint density at radius 1 is 1.16 bits per heavy atom.